The fourth-order valence-corrected chi connectivity index (χ4v) is 3.69. The Labute approximate surface area is 215 Å². The smallest absolute Gasteiger partial charge is 0.233 e. The van der Waals surface area contributed by atoms with Gasteiger partial charge in [-0.2, -0.15) is 0 Å². The number of hydrogen-bond acceptors (Lipinski definition) is 17. The molecule has 0 radical (unpaired) electrons. The van der Waals surface area contributed by atoms with Gasteiger partial charge in [-0.1, -0.05) is 6.58 Å². The fourth-order valence-electron chi connectivity index (χ4n) is 3.69. The molecule has 38 heavy (non-hydrogen) atoms. The lowest BCUT2D eigenvalue weighted by Gasteiger charge is -2.42. The lowest BCUT2D eigenvalue weighted by Crippen LogP contribution is -2.62. The minimum absolute atomic E-state index is 0.573. The second kappa shape index (κ2) is 14.2. The number of aliphatic hydroxyl groups is 11. The average molecular weight is 558 g/mol. The van der Waals surface area contributed by atoms with Crippen molar-refractivity contribution in [2.45, 2.75) is 85.8 Å². The van der Waals surface area contributed by atoms with Crippen molar-refractivity contribution in [3.05, 3.63) is 12.7 Å². The maximum absolute atomic E-state index is 11.6. The maximum atomic E-state index is 11.6. The van der Waals surface area contributed by atoms with Gasteiger partial charge in [0, 0.05) is 0 Å². The largest absolute Gasteiger partial charge is 0.394 e. The van der Waals surface area contributed by atoms with E-state index in [2.05, 4.69) is 6.58 Å². The predicted octanol–water partition coefficient (Wildman–Crippen LogP) is -7.61. The Balaban J connectivity index is 1.97. The van der Waals surface area contributed by atoms with E-state index >= 15 is 0 Å². The van der Waals surface area contributed by atoms with Gasteiger partial charge in [-0.25, -0.2) is 0 Å². The molecule has 0 amide bonds. The van der Waals surface area contributed by atoms with Crippen LogP contribution < -0.4 is 0 Å². The predicted molar refractivity (Wildman–Crippen MR) is 117 cm³/mol. The van der Waals surface area contributed by atoms with E-state index in [9.17, 15) is 65.8 Å². The van der Waals surface area contributed by atoms with Crippen LogP contribution in [0.25, 0.3) is 0 Å². The summed E-state index contributed by atoms with van der Waals surface area (Å²) in [7, 11) is 0. The normalized spacial score (nSPS) is 39.1. The number of carbonyl (C=O) groups is 2. The summed E-state index contributed by atoms with van der Waals surface area (Å²) in [5.74, 6) is -2.75. The molecule has 2 aliphatic heterocycles. The molecule has 11 N–H and O–H groups in total. The van der Waals surface area contributed by atoms with E-state index in [0.717, 1.165) is 0 Å². The van der Waals surface area contributed by atoms with Gasteiger partial charge in [0.1, 0.15) is 73.2 Å². The van der Waals surface area contributed by atoms with Crippen molar-refractivity contribution in [3.8, 4) is 0 Å². The number of carbonyl (C=O) groups excluding carboxylic acids is 2. The third-order valence-corrected chi connectivity index (χ3v) is 6.14. The molecule has 17 nitrogen and oxygen atoms in total. The Morgan fingerprint density at radius 2 is 1.26 bits per heavy atom. The van der Waals surface area contributed by atoms with Crippen LogP contribution in [0, 0.1) is 0 Å². The maximum Gasteiger partial charge on any atom is 0.233 e. The van der Waals surface area contributed by atoms with E-state index in [-0.39, 0.29) is 0 Å². The third-order valence-electron chi connectivity index (χ3n) is 6.14. The van der Waals surface area contributed by atoms with Crippen molar-refractivity contribution in [1.29, 1.82) is 0 Å². The lowest BCUT2D eigenvalue weighted by molar-refractivity contribution is -0.333. The minimum atomic E-state index is -2.40. The SMILES string of the molecule is C=CC(=O)C(=O)[C@H](O)[C@@H](O)[C@H](O)[C@H](O)CO[C@H]1O[C@H](CO[C@H]2O[C@H](CO)[C@@H](O)[C@H](O)[C@H]2O)[C@@H](O)[C@H](O)[C@H]1O. The molecule has 14 atom stereocenters. The van der Waals surface area contributed by atoms with Gasteiger partial charge in [-0.15, -0.1) is 0 Å². The zero-order chi connectivity index (χ0) is 28.9. The Kier molecular flexibility index (Phi) is 12.2. The van der Waals surface area contributed by atoms with E-state index in [1.807, 2.05) is 0 Å². The van der Waals surface area contributed by atoms with Gasteiger partial charge in [-0.3, -0.25) is 9.59 Å². The van der Waals surface area contributed by atoms with Crippen LogP contribution in [0.2, 0.25) is 0 Å². The quantitative estimate of drug-likeness (QED) is 0.0738. The average Bonchev–Trinajstić information content (AvgIpc) is 2.92. The van der Waals surface area contributed by atoms with Crippen LogP contribution in [-0.4, -0.2) is 173 Å². The van der Waals surface area contributed by atoms with E-state index in [4.69, 9.17) is 18.9 Å². The summed E-state index contributed by atoms with van der Waals surface area (Å²) in [6.45, 7) is 0.739. The third kappa shape index (κ3) is 7.36. The Bertz CT molecular complexity index is 794. The Hall–Kier alpha value is -1.52. The molecule has 0 bridgehead atoms. The second-order valence-electron chi connectivity index (χ2n) is 8.80. The van der Waals surface area contributed by atoms with Crippen LogP contribution in [0.3, 0.4) is 0 Å². The first-order chi connectivity index (χ1) is 17.8. The number of aliphatic hydroxyl groups excluding tert-OH is 11. The standard InChI is InChI=1S/C21H34O17/c1-2-6(23)10(25)14(29)15(30)11(26)7(24)4-35-20-19(34)17(32)13(28)9(38-20)5-36-21-18(33)16(31)12(27)8(3-22)37-21/h2,7-9,11-22,24,26-34H,1,3-5H2/t7-,8-,9-,11-,12-,13-,14+,15+,16+,17+,18-,19-,20+,21+/m1/s1. The van der Waals surface area contributed by atoms with Crippen LogP contribution >= 0.6 is 0 Å². The zero-order valence-electron chi connectivity index (χ0n) is 19.9. The molecule has 0 aromatic rings. The van der Waals surface area contributed by atoms with Crippen LogP contribution in [0.15, 0.2) is 12.7 Å². The van der Waals surface area contributed by atoms with Gasteiger partial charge in [0.15, 0.2) is 12.6 Å². The molecule has 2 rings (SSSR count). The molecule has 2 heterocycles. The van der Waals surface area contributed by atoms with Crippen molar-refractivity contribution in [2.24, 2.45) is 0 Å². The Morgan fingerprint density at radius 1 is 0.763 bits per heavy atom. The highest BCUT2D eigenvalue weighted by Crippen LogP contribution is 2.26. The molecule has 0 aromatic carbocycles. The topological polar surface area (TPSA) is 294 Å². The second-order valence-corrected chi connectivity index (χ2v) is 8.80. The van der Waals surface area contributed by atoms with Crippen molar-refractivity contribution in [3.63, 3.8) is 0 Å². The summed E-state index contributed by atoms with van der Waals surface area (Å²) in [5, 5.41) is 109. The first kappa shape index (κ1) is 32.7. The fraction of sp³-hybridized carbons (Fsp3) is 0.810. The number of ketones is 2. The molecule has 17 heteroatoms. The summed E-state index contributed by atoms with van der Waals surface area (Å²) < 4.78 is 20.8. The lowest BCUT2D eigenvalue weighted by atomic mass is 9.98. The van der Waals surface area contributed by atoms with E-state index in [1.165, 1.54) is 0 Å². The highest BCUT2D eigenvalue weighted by atomic mass is 16.7. The van der Waals surface area contributed by atoms with Crippen LogP contribution in [0.5, 0.6) is 0 Å². The zero-order valence-corrected chi connectivity index (χ0v) is 19.9. The van der Waals surface area contributed by atoms with Crippen molar-refractivity contribution >= 4 is 11.6 Å². The molecular formula is C21H34O17. The molecule has 2 fully saturated rings. The first-order valence-electron chi connectivity index (χ1n) is 11.4. The van der Waals surface area contributed by atoms with Crippen molar-refractivity contribution < 1.29 is 84.7 Å². The summed E-state index contributed by atoms with van der Waals surface area (Å²) in [6.07, 6.45) is -25.3. The van der Waals surface area contributed by atoms with Crippen molar-refractivity contribution in [2.75, 3.05) is 19.8 Å². The van der Waals surface area contributed by atoms with Crippen LogP contribution in [0.1, 0.15) is 0 Å². The van der Waals surface area contributed by atoms with Gasteiger partial charge in [0.25, 0.3) is 0 Å². The monoisotopic (exact) mass is 558 g/mol. The molecule has 0 aromatic heterocycles. The molecule has 0 saturated carbocycles. The molecule has 0 unspecified atom stereocenters. The summed E-state index contributed by atoms with van der Waals surface area (Å²) >= 11 is 0. The molecule has 220 valence electrons. The van der Waals surface area contributed by atoms with Crippen LogP contribution in [0.4, 0.5) is 0 Å². The van der Waals surface area contributed by atoms with E-state index in [1.54, 1.807) is 0 Å². The number of rotatable bonds is 13. The number of hydrogen-bond donors (Lipinski definition) is 11. The summed E-state index contributed by atoms with van der Waals surface area (Å²) in [5.41, 5.74) is 0. The van der Waals surface area contributed by atoms with Gasteiger partial charge in [0.2, 0.25) is 11.6 Å². The molecule has 0 aliphatic carbocycles. The molecule has 0 spiro atoms. The van der Waals surface area contributed by atoms with E-state index in [0.29, 0.717) is 6.08 Å². The van der Waals surface area contributed by atoms with Gasteiger partial charge in [0.05, 0.1) is 19.8 Å². The van der Waals surface area contributed by atoms with Crippen LogP contribution in [-0.2, 0) is 28.5 Å². The number of allylic oxidation sites excluding steroid dienone is 1. The number of Topliss-reactive ketones (excluding diaryl/α,β-unsaturated/α-hetero) is 1. The summed E-state index contributed by atoms with van der Waals surface area (Å²) in [4.78, 5) is 22.9. The van der Waals surface area contributed by atoms with Crippen molar-refractivity contribution in [1.82, 2.24) is 0 Å². The highest BCUT2D eigenvalue weighted by Gasteiger charge is 2.48. The summed E-state index contributed by atoms with van der Waals surface area (Å²) in [6, 6.07) is 0. The van der Waals surface area contributed by atoms with Gasteiger partial charge in [-0.05, 0) is 6.08 Å². The Morgan fingerprint density at radius 3 is 1.79 bits per heavy atom. The molecular weight excluding hydrogens is 524 g/mol. The van der Waals surface area contributed by atoms with Gasteiger partial charge < -0.3 is 75.1 Å². The number of ether oxygens (including phenoxy) is 4. The van der Waals surface area contributed by atoms with E-state index < -0.39 is 117 Å². The minimum Gasteiger partial charge on any atom is -0.394 e. The highest BCUT2D eigenvalue weighted by molar-refractivity contribution is 6.43. The molecule has 2 aliphatic rings. The van der Waals surface area contributed by atoms with Gasteiger partial charge >= 0.3 is 0 Å². The first-order valence-corrected chi connectivity index (χ1v) is 11.4. The molecule has 2 saturated heterocycles.